The van der Waals surface area contributed by atoms with Gasteiger partial charge in [-0.3, -0.25) is 4.90 Å². The van der Waals surface area contributed by atoms with Crippen molar-refractivity contribution in [2.45, 2.75) is 20.0 Å². The summed E-state index contributed by atoms with van der Waals surface area (Å²) in [6.45, 7) is 9.53. The number of hydrogen-bond donors (Lipinski definition) is 2. The van der Waals surface area contributed by atoms with Gasteiger partial charge < -0.3 is 16.0 Å². The van der Waals surface area contributed by atoms with Gasteiger partial charge in [0.2, 0.25) is 0 Å². The summed E-state index contributed by atoms with van der Waals surface area (Å²) in [7, 11) is 0. The first-order valence-corrected chi connectivity index (χ1v) is 9.38. The molecule has 27 heavy (non-hydrogen) atoms. The van der Waals surface area contributed by atoms with Gasteiger partial charge in [-0.1, -0.05) is 49.4 Å². The van der Waals surface area contributed by atoms with Crippen molar-refractivity contribution in [3.8, 4) is 0 Å². The van der Waals surface area contributed by atoms with Crippen LogP contribution in [0.15, 0.2) is 59.6 Å². The van der Waals surface area contributed by atoms with E-state index in [0.717, 1.165) is 45.0 Å². The average Bonchev–Trinajstić information content (AvgIpc) is 2.69. The first-order valence-electron chi connectivity index (χ1n) is 9.38. The van der Waals surface area contributed by atoms with Crippen LogP contribution in [0.25, 0.3) is 0 Å². The number of para-hydroxylation sites is 1. The number of aliphatic imine (C=N–C) groups is 1. The fraction of sp³-hybridized carbons (Fsp3) is 0.381. The van der Waals surface area contributed by atoms with E-state index in [1.54, 1.807) is 0 Å². The lowest BCUT2D eigenvalue weighted by molar-refractivity contribution is 0.131. The highest BCUT2D eigenvalue weighted by Crippen LogP contribution is 2.15. The lowest BCUT2D eigenvalue weighted by Gasteiger charge is -2.34. The maximum atomic E-state index is 6.04. The number of nitrogens with zero attached hydrogens (tertiary/aromatic N) is 3. The number of anilines is 1. The number of rotatable bonds is 6. The number of piperazine rings is 1. The molecule has 1 fully saturated rings. The fourth-order valence-corrected chi connectivity index (χ4v) is 3.25. The van der Waals surface area contributed by atoms with Crippen molar-refractivity contribution in [2.24, 2.45) is 10.7 Å². The molecule has 0 atom stereocenters. The molecule has 5 nitrogen and oxygen atoms in total. The van der Waals surface area contributed by atoms with Crippen LogP contribution in [0.1, 0.15) is 18.1 Å². The van der Waals surface area contributed by atoms with E-state index in [2.05, 4.69) is 51.3 Å². The fourth-order valence-electron chi connectivity index (χ4n) is 3.25. The monoisotopic (exact) mass is 479 g/mol. The Morgan fingerprint density at radius 1 is 0.926 bits per heavy atom. The molecular formula is C21H30IN5. The Bertz CT molecular complexity index is 712. The summed E-state index contributed by atoms with van der Waals surface area (Å²) in [5, 5.41) is 3.14. The van der Waals surface area contributed by atoms with Gasteiger partial charge >= 0.3 is 0 Å². The number of guanidine groups is 1. The predicted molar refractivity (Wildman–Crippen MR) is 125 cm³/mol. The van der Waals surface area contributed by atoms with Gasteiger partial charge in [-0.25, -0.2) is 4.99 Å². The maximum absolute atomic E-state index is 6.04. The van der Waals surface area contributed by atoms with E-state index in [1.165, 1.54) is 11.1 Å². The Labute approximate surface area is 179 Å². The highest BCUT2D eigenvalue weighted by Gasteiger charge is 2.16. The first-order chi connectivity index (χ1) is 12.7. The summed E-state index contributed by atoms with van der Waals surface area (Å²) >= 11 is 0. The second-order valence-corrected chi connectivity index (χ2v) is 6.67. The molecule has 0 aromatic heterocycles. The Morgan fingerprint density at radius 3 is 2.19 bits per heavy atom. The topological polar surface area (TPSA) is 56.9 Å². The smallest absolute Gasteiger partial charge is 0.193 e. The summed E-state index contributed by atoms with van der Waals surface area (Å²) in [5.74, 6) is 0.447. The van der Waals surface area contributed by atoms with E-state index in [0.29, 0.717) is 12.5 Å². The molecule has 2 aromatic rings. The zero-order valence-corrected chi connectivity index (χ0v) is 18.3. The second kappa shape index (κ2) is 11.3. The Kier molecular flexibility index (Phi) is 9.03. The van der Waals surface area contributed by atoms with E-state index >= 15 is 0 Å². The molecule has 0 radical (unpaired) electrons. The number of nitrogens with one attached hydrogen (secondary N) is 1. The van der Waals surface area contributed by atoms with Crippen LogP contribution in [-0.2, 0) is 13.1 Å². The molecule has 1 aliphatic rings. The van der Waals surface area contributed by atoms with Gasteiger partial charge in [0.15, 0.2) is 5.96 Å². The molecule has 0 spiro atoms. The van der Waals surface area contributed by atoms with Gasteiger partial charge in [-0.2, -0.15) is 0 Å². The van der Waals surface area contributed by atoms with Crippen LogP contribution >= 0.6 is 24.0 Å². The molecule has 146 valence electrons. The van der Waals surface area contributed by atoms with Crippen LogP contribution in [0.4, 0.5) is 5.69 Å². The van der Waals surface area contributed by atoms with Crippen LogP contribution < -0.4 is 11.1 Å². The standard InChI is InChI=1S/C21H29N5.HI/c1-2-25-12-14-26(15-13-25)17-19-9-7-6-8-18(19)16-23-21(22)24-20-10-4-3-5-11-20;/h3-11H,2,12-17H2,1H3,(H3,22,23,24);1H. The van der Waals surface area contributed by atoms with Crippen molar-refractivity contribution in [1.29, 1.82) is 0 Å². The summed E-state index contributed by atoms with van der Waals surface area (Å²) in [6, 6.07) is 18.4. The van der Waals surface area contributed by atoms with Gasteiger partial charge in [0, 0.05) is 38.4 Å². The van der Waals surface area contributed by atoms with Crippen LogP contribution in [0, 0.1) is 0 Å². The quantitative estimate of drug-likeness (QED) is 0.379. The minimum absolute atomic E-state index is 0. The SMILES string of the molecule is CCN1CCN(Cc2ccccc2CN=C(N)Nc2ccccc2)CC1.I. The van der Waals surface area contributed by atoms with Gasteiger partial charge in [0.25, 0.3) is 0 Å². The Morgan fingerprint density at radius 2 is 1.52 bits per heavy atom. The van der Waals surface area contributed by atoms with Crippen molar-refractivity contribution >= 4 is 35.6 Å². The molecular weight excluding hydrogens is 449 g/mol. The van der Waals surface area contributed by atoms with Crippen molar-refractivity contribution in [3.63, 3.8) is 0 Å². The molecule has 0 unspecified atom stereocenters. The minimum Gasteiger partial charge on any atom is -0.370 e. The van der Waals surface area contributed by atoms with E-state index in [-0.39, 0.29) is 24.0 Å². The molecule has 0 aliphatic carbocycles. The molecule has 0 saturated carbocycles. The lowest BCUT2D eigenvalue weighted by Crippen LogP contribution is -2.45. The van der Waals surface area contributed by atoms with Crippen LogP contribution in [0.5, 0.6) is 0 Å². The average molecular weight is 479 g/mol. The normalized spacial score (nSPS) is 16.0. The number of hydrogen-bond acceptors (Lipinski definition) is 3. The number of benzene rings is 2. The van der Waals surface area contributed by atoms with Gasteiger partial charge in [-0.15, -0.1) is 24.0 Å². The number of nitrogens with two attached hydrogens (primary N) is 1. The van der Waals surface area contributed by atoms with Crippen molar-refractivity contribution in [3.05, 3.63) is 65.7 Å². The zero-order chi connectivity index (χ0) is 18.2. The third-order valence-electron chi connectivity index (χ3n) is 4.89. The van der Waals surface area contributed by atoms with Gasteiger partial charge in [-0.05, 0) is 29.8 Å². The zero-order valence-electron chi connectivity index (χ0n) is 16.0. The largest absolute Gasteiger partial charge is 0.370 e. The number of likely N-dealkylation sites (N-methyl/N-ethyl adjacent to an activating group) is 1. The minimum atomic E-state index is 0. The summed E-state index contributed by atoms with van der Waals surface area (Å²) in [6.07, 6.45) is 0. The van der Waals surface area contributed by atoms with Crippen LogP contribution in [0.3, 0.4) is 0 Å². The highest BCUT2D eigenvalue weighted by atomic mass is 127. The summed E-state index contributed by atoms with van der Waals surface area (Å²) in [4.78, 5) is 9.56. The van der Waals surface area contributed by atoms with Crippen molar-refractivity contribution in [1.82, 2.24) is 9.80 Å². The maximum Gasteiger partial charge on any atom is 0.193 e. The molecule has 2 aromatic carbocycles. The van der Waals surface area contributed by atoms with Gasteiger partial charge in [0.1, 0.15) is 0 Å². The molecule has 1 saturated heterocycles. The highest BCUT2D eigenvalue weighted by molar-refractivity contribution is 14.0. The molecule has 3 N–H and O–H groups in total. The van der Waals surface area contributed by atoms with Crippen molar-refractivity contribution in [2.75, 3.05) is 38.0 Å². The molecule has 1 aliphatic heterocycles. The summed E-state index contributed by atoms with van der Waals surface area (Å²) in [5.41, 5.74) is 9.58. The van der Waals surface area contributed by atoms with Crippen molar-refractivity contribution < 1.29 is 0 Å². The first kappa shape index (κ1) is 21.7. The lowest BCUT2D eigenvalue weighted by atomic mass is 10.1. The van der Waals surface area contributed by atoms with E-state index < -0.39 is 0 Å². The van der Waals surface area contributed by atoms with E-state index in [4.69, 9.17) is 5.73 Å². The molecule has 6 heteroatoms. The molecule has 3 rings (SSSR count). The molecule has 1 heterocycles. The molecule has 0 bridgehead atoms. The third-order valence-corrected chi connectivity index (χ3v) is 4.89. The van der Waals surface area contributed by atoms with Crippen LogP contribution in [-0.4, -0.2) is 48.5 Å². The molecule has 0 amide bonds. The van der Waals surface area contributed by atoms with E-state index in [1.807, 2.05) is 30.3 Å². The third kappa shape index (κ3) is 6.79. The van der Waals surface area contributed by atoms with Gasteiger partial charge in [0.05, 0.1) is 6.54 Å². The number of halogens is 1. The summed E-state index contributed by atoms with van der Waals surface area (Å²) < 4.78 is 0. The Hall–Kier alpha value is -1.64. The second-order valence-electron chi connectivity index (χ2n) is 6.67. The predicted octanol–water partition coefficient (Wildman–Crippen LogP) is 3.37. The Balaban J connectivity index is 0.00000261. The van der Waals surface area contributed by atoms with E-state index in [9.17, 15) is 0 Å². The van der Waals surface area contributed by atoms with Crippen LogP contribution in [0.2, 0.25) is 0 Å².